The molecule has 1 heterocycles. The van der Waals surface area contributed by atoms with Crippen LogP contribution in [0.15, 0.2) is 66.8 Å². The quantitative estimate of drug-likeness (QED) is 0.0891. The topological polar surface area (TPSA) is 88.1 Å². The van der Waals surface area contributed by atoms with Gasteiger partial charge in [-0.25, -0.2) is 14.4 Å². The maximum absolute atomic E-state index is 12.5. The van der Waals surface area contributed by atoms with Crippen molar-refractivity contribution in [3.63, 3.8) is 0 Å². The van der Waals surface area contributed by atoms with Crippen LogP contribution >= 0.6 is 0 Å². The molecule has 7 nitrogen and oxygen atoms in total. The van der Waals surface area contributed by atoms with E-state index >= 15 is 0 Å². The van der Waals surface area contributed by atoms with E-state index in [1.165, 1.54) is 6.08 Å². The zero-order valence-electron chi connectivity index (χ0n) is 23.4. The Bertz CT molecular complexity index is 1120. The molecular formula is C33H40O7. The van der Waals surface area contributed by atoms with Crippen molar-refractivity contribution in [2.24, 2.45) is 0 Å². The Hall–Kier alpha value is -3.87. The zero-order chi connectivity index (χ0) is 28.6. The monoisotopic (exact) mass is 548 g/mol. The fourth-order valence-electron chi connectivity index (χ4n) is 4.20. The second kappa shape index (κ2) is 17.0. The molecule has 1 saturated heterocycles. The highest BCUT2D eigenvalue weighted by Crippen LogP contribution is 2.23. The lowest BCUT2D eigenvalue weighted by molar-refractivity contribution is -0.139. The predicted octanol–water partition coefficient (Wildman–Crippen LogP) is 7.24. The van der Waals surface area contributed by atoms with E-state index < -0.39 is 5.97 Å². The summed E-state index contributed by atoms with van der Waals surface area (Å²) in [5, 5.41) is 0. The van der Waals surface area contributed by atoms with Crippen LogP contribution in [0.25, 0.3) is 6.08 Å². The molecule has 0 spiro atoms. The molecule has 1 fully saturated rings. The molecule has 1 aliphatic rings. The smallest absolute Gasteiger partial charge is 0.343 e. The van der Waals surface area contributed by atoms with Crippen molar-refractivity contribution >= 4 is 24.0 Å². The molecule has 0 N–H and O–H groups in total. The highest BCUT2D eigenvalue weighted by Gasteiger charge is 2.26. The van der Waals surface area contributed by atoms with Gasteiger partial charge in [0.15, 0.2) is 0 Å². The lowest BCUT2D eigenvalue weighted by Crippen LogP contribution is -2.08. The van der Waals surface area contributed by atoms with E-state index in [9.17, 15) is 14.4 Å². The van der Waals surface area contributed by atoms with Crippen molar-refractivity contribution in [3.05, 3.63) is 77.9 Å². The number of hydrogen-bond acceptors (Lipinski definition) is 7. The minimum atomic E-state index is -0.453. The summed E-state index contributed by atoms with van der Waals surface area (Å²) in [6.07, 6.45) is 13.0. The Labute approximate surface area is 237 Å². The Balaban J connectivity index is 1.27. The first-order valence-electron chi connectivity index (χ1n) is 14.2. The van der Waals surface area contributed by atoms with Gasteiger partial charge in [-0.2, -0.15) is 0 Å². The van der Waals surface area contributed by atoms with E-state index in [4.69, 9.17) is 18.9 Å². The number of esters is 3. The van der Waals surface area contributed by atoms with Gasteiger partial charge >= 0.3 is 17.9 Å². The average molecular weight is 549 g/mol. The Kier molecular flexibility index (Phi) is 13.0. The number of unbranched alkanes of at least 4 members (excludes halogenated alkanes) is 6. The lowest BCUT2D eigenvalue weighted by Gasteiger charge is -2.09. The van der Waals surface area contributed by atoms with Gasteiger partial charge in [-0.05, 0) is 73.7 Å². The average Bonchev–Trinajstić information content (AvgIpc) is 3.28. The molecule has 0 saturated carbocycles. The van der Waals surface area contributed by atoms with Crippen molar-refractivity contribution in [2.75, 3.05) is 13.2 Å². The number of hydrogen-bond donors (Lipinski definition) is 0. The summed E-state index contributed by atoms with van der Waals surface area (Å²) in [7, 11) is 0. The number of cyclic esters (lactones) is 1. The fourth-order valence-corrected chi connectivity index (χ4v) is 4.20. The highest BCUT2D eigenvalue weighted by molar-refractivity contribution is 5.91. The second-order valence-corrected chi connectivity index (χ2v) is 9.93. The van der Waals surface area contributed by atoms with Crippen LogP contribution in [0.3, 0.4) is 0 Å². The third-order valence-corrected chi connectivity index (χ3v) is 6.56. The molecule has 1 aliphatic heterocycles. The molecule has 214 valence electrons. The van der Waals surface area contributed by atoms with Crippen LogP contribution < -0.4 is 9.47 Å². The summed E-state index contributed by atoms with van der Waals surface area (Å²) in [6, 6.07) is 13.8. The summed E-state index contributed by atoms with van der Waals surface area (Å²) < 4.78 is 21.6. The van der Waals surface area contributed by atoms with Crippen LogP contribution in [0.5, 0.6) is 11.5 Å². The van der Waals surface area contributed by atoms with Gasteiger partial charge in [-0.15, -0.1) is 0 Å². The third kappa shape index (κ3) is 11.1. The standard InChI is InChI=1S/C33H40O7/c1-3-4-22-38-31(34)21-14-26-12-17-29(18-13-26)39-33(36)27-15-19-28(20-16-27)37-23-10-8-6-5-7-9-11-30-24-25(2)32(35)40-30/h12-21,30H,2-11,22-24H2,1H3/b21-14+. The minimum absolute atomic E-state index is 0.0238. The molecule has 3 rings (SSSR count). The normalized spacial score (nSPS) is 14.8. The molecule has 0 bridgehead atoms. The first-order valence-corrected chi connectivity index (χ1v) is 14.2. The third-order valence-electron chi connectivity index (χ3n) is 6.56. The maximum atomic E-state index is 12.5. The van der Waals surface area contributed by atoms with Crippen molar-refractivity contribution in [2.45, 2.75) is 77.2 Å². The molecule has 40 heavy (non-hydrogen) atoms. The van der Waals surface area contributed by atoms with Gasteiger partial charge in [0.05, 0.1) is 18.8 Å². The first-order chi connectivity index (χ1) is 19.4. The Morgan fingerprint density at radius 2 is 1.57 bits per heavy atom. The van der Waals surface area contributed by atoms with Crippen molar-refractivity contribution in [3.8, 4) is 11.5 Å². The largest absolute Gasteiger partial charge is 0.494 e. The molecule has 1 unspecified atom stereocenters. The van der Waals surface area contributed by atoms with Crippen LogP contribution in [-0.2, 0) is 19.1 Å². The van der Waals surface area contributed by atoms with Gasteiger partial charge in [0.1, 0.15) is 17.6 Å². The molecular weight excluding hydrogens is 508 g/mol. The van der Waals surface area contributed by atoms with Crippen LogP contribution in [0.4, 0.5) is 0 Å². The number of carbonyl (C=O) groups is 3. The van der Waals surface area contributed by atoms with Gasteiger partial charge in [0.2, 0.25) is 0 Å². The van der Waals surface area contributed by atoms with Gasteiger partial charge in [0.25, 0.3) is 0 Å². The lowest BCUT2D eigenvalue weighted by atomic mass is 10.0. The van der Waals surface area contributed by atoms with E-state index in [2.05, 4.69) is 6.58 Å². The van der Waals surface area contributed by atoms with Gasteiger partial charge < -0.3 is 18.9 Å². The summed E-state index contributed by atoms with van der Waals surface area (Å²) in [5.41, 5.74) is 1.83. The molecule has 2 aromatic carbocycles. The molecule has 0 aromatic heterocycles. The van der Waals surface area contributed by atoms with Crippen molar-refractivity contribution in [1.82, 2.24) is 0 Å². The SMILES string of the molecule is C=C1CC(CCCCCCCCOc2ccc(C(=O)Oc3ccc(/C=C/C(=O)OCCCC)cc3)cc2)OC1=O. The first kappa shape index (κ1) is 30.7. The number of carbonyl (C=O) groups excluding carboxylic acids is 3. The predicted molar refractivity (Wildman–Crippen MR) is 154 cm³/mol. The number of benzene rings is 2. The number of ether oxygens (including phenoxy) is 4. The van der Waals surface area contributed by atoms with Crippen LogP contribution in [-0.4, -0.2) is 37.2 Å². The van der Waals surface area contributed by atoms with E-state index in [1.807, 2.05) is 6.92 Å². The van der Waals surface area contributed by atoms with Crippen LogP contribution in [0, 0.1) is 0 Å². The summed E-state index contributed by atoms with van der Waals surface area (Å²) >= 11 is 0. The second-order valence-electron chi connectivity index (χ2n) is 9.93. The maximum Gasteiger partial charge on any atom is 0.343 e. The molecule has 0 radical (unpaired) electrons. The number of rotatable bonds is 17. The van der Waals surface area contributed by atoms with Crippen molar-refractivity contribution < 1.29 is 33.3 Å². The molecule has 7 heteroatoms. The van der Waals surface area contributed by atoms with Gasteiger partial charge in [-0.3, -0.25) is 0 Å². The summed E-state index contributed by atoms with van der Waals surface area (Å²) in [5.74, 6) is 0.0660. The fraction of sp³-hybridized carbons (Fsp3) is 0.424. The molecule has 2 aromatic rings. The van der Waals surface area contributed by atoms with E-state index in [0.717, 1.165) is 63.4 Å². The summed E-state index contributed by atoms with van der Waals surface area (Å²) in [6.45, 7) is 6.80. The highest BCUT2D eigenvalue weighted by atomic mass is 16.6. The Morgan fingerprint density at radius 1 is 0.900 bits per heavy atom. The molecule has 0 aliphatic carbocycles. The Morgan fingerprint density at radius 3 is 2.25 bits per heavy atom. The van der Waals surface area contributed by atoms with E-state index in [1.54, 1.807) is 54.6 Å². The van der Waals surface area contributed by atoms with Crippen LogP contribution in [0.1, 0.15) is 87.1 Å². The van der Waals surface area contributed by atoms with Gasteiger partial charge in [0, 0.05) is 18.1 Å². The van der Waals surface area contributed by atoms with Crippen LogP contribution in [0.2, 0.25) is 0 Å². The zero-order valence-corrected chi connectivity index (χ0v) is 23.4. The summed E-state index contributed by atoms with van der Waals surface area (Å²) in [4.78, 5) is 35.5. The van der Waals surface area contributed by atoms with E-state index in [0.29, 0.717) is 42.3 Å². The van der Waals surface area contributed by atoms with Gasteiger partial charge in [-0.1, -0.05) is 57.7 Å². The van der Waals surface area contributed by atoms with Crippen molar-refractivity contribution in [1.29, 1.82) is 0 Å². The molecule has 1 atom stereocenters. The molecule has 0 amide bonds. The van der Waals surface area contributed by atoms with E-state index in [-0.39, 0.29) is 18.0 Å². The minimum Gasteiger partial charge on any atom is -0.494 e.